The van der Waals surface area contributed by atoms with Crippen LogP contribution in [0.2, 0.25) is 0 Å². The Kier molecular flexibility index (Phi) is 4.39. The standard InChI is InChI=1S/C14H15NO4S/c16-10-9-15-20(18,19)14-7-3-12(4-8-14)11-1-5-13(17)6-2-11/h1-8,15-17H,9-10H2. The molecule has 0 spiro atoms. The summed E-state index contributed by atoms with van der Waals surface area (Å²) < 4.78 is 25.9. The van der Waals surface area contributed by atoms with Gasteiger partial charge in [-0.15, -0.1) is 0 Å². The Morgan fingerprint density at radius 1 is 0.900 bits per heavy atom. The van der Waals surface area contributed by atoms with Gasteiger partial charge in [-0.25, -0.2) is 13.1 Å². The molecule has 20 heavy (non-hydrogen) atoms. The number of benzene rings is 2. The predicted octanol–water partition coefficient (Wildman–Crippen LogP) is 1.33. The largest absolute Gasteiger partial charge is 0.508 e. The number of phenolic OH excluding ortho intramolecular Hbond substituents is 1. The molecule has 0 bridgehead atoms. The second kappa shape index (κ2) is 6.04. The first-order chi connectivity index (χ1) is 9.53. The highest BCUT2D eigenvalue weighted by atomic mass is 32.2. The third-order valence-corrected chi connectivity index (χ3v) is 4.25. The van der Waals surface area contributed by atoms with Gasteiger partial charge in [0, 0.05) is 6.54 Å². The van der Waals surface area contributed by atoms with Gasteiger partial charge >= 0.3 is 0 Å². The van der Waals surface area contributed by atoms with Crippen LogP contribution in [0.1, 0.15) is 0 Å². The monoisotopic (exact) mass is 293 g/mol. The molecule has 2 aromatic carbocycles. The maximum Gasteiger partial charge on any atom is 0.240 e. The minimum atomic E-state index is -3.58. The quantitative estimate of drug-likeness (QED) is 0.776. The third kappa shape index (κ3) is 3.36. The number of hydrogen-bond acceptors (Lipinski definition) is 4. The van der Waals surface area contributed by atoms with E-state index in [1.807, 2.05) is 0 Å². The number of phenols is 1. The zero-order valence-corrected chi connectivity index (χ0v) is 11.5. The summed E-state index contributed by atoms with van der Waals surface area (Å²) in [6.07, 6.45) is 0. The third-order valence-electron chi connectivity index (χ3n) is 2.77. The molecule has 0 atom stereocenters. The highest BCUT2D eigenvalue weighted by molar-refractivity contribution is 7.89. The normalized spacial score (nSPS) is 11.4. The van der Waals surface area contributed by atoms with E-state index in [4.69, 9.17) is 5.11 Å². The van der Waals surface area contributed by atoms with Gasteiger partial charge in [0.25, 0.3) is 0 Å². The van der Waals surface area contributed by atoms with Crippen molar-refractivity contribution in [2.45, 2.75) is 4.90 Å². The number of aliphatic hydroxyl groups excluding tert-OH is 1. The summed E-state index contributed by atoms with van der Waals surface area (Å²) in [6, 6.07) is 13.0. The van der Waals surface area contributed by atoms with Crippen molar-refractivity contribution in [2.75, 3.05) is 13.2 Å². The Bertz CT molecular complexity index is 663. The van der Waals surface area contributed by atoms with Gasteiger partial charge < -0.3 is 10.2 Å². The fraction of sp³-hybridized carbons (Fsp3) is 0.143. The van der Waals surface area contributed by atoms with Crippen molar-refractivity contribution >= 4 is 10.0 Å². The lowest BCUT2D eigenvalue weighted by Crippen LogP contribution is -2.26. The van der Waals surface area contributed by atoms with Crippen LogP contribution in [0.15, 0.2) is 53.4 Å². The van der Waals surface area contributed by atoms with Crippen molar-refractivity contribution in [3.05, 3.63) is 48.5 Å². The van der Waals surface area contributed by atoms with Crippen LogP contribution in [0, 0.1) is 0 Å². The molecule has 0 fully saturated rings. The Morgan fingerprint density at radius 3 is 1.90 bits per heavy atom. The maximum atomic E-state index is 11.8. The molecule has 0 amide bonds. The second-order valence-electron chi connectivity index (χ2n) is 4.19. The molecule has 0 saturated carbocycles. The molecule has 2 rings (SSSR count). The average Bonchev–Trinajstić information content (AvgIpc) is 2.46. The molecule has 0 heterocycles. The van der Waals surface area contributed by atoms with Crippen LogP contribution in [0.3, 0.4) is 0 Å². The molecule has 5 nitrogen and oxygen atoms in total. The fourth-order valence-corrected chi connectivity index (χ4v) is 2.76. The number of sulfonamides is 1. The van der Waals surface area contributed by atoms with E-state index in [1.54, 1.807) is 36.4 Å². The van der Waals surface area contributed by atoms with E-state index in [0.29, 0.717) is 0 Å². The molecular weight excluding hydrogens is 278 g/mol. The summed E-state index contributed by atoms with van der Waals surface area (Å²) in [5.74, 6) is 0.182. The van der Waals surface area contributed by atoms with E-state index in [9.17, 15) is 13.5 Å². The van der Waals surface area contributed by atoms with E-state index in [0.717, 1.165) is 11.1 Å². The van der Waals surface area contributed by atoms with Gasteiger partial charge in [-0.05, 0) is 35.4 Å². The van der Waals surface area contributed by atoms with E-state index >= 15 is 0 Å². The van der Waals surface area contributed by atoms with E-state index in [-0.39, 0.29) is 23.8 Å². The second-order valence-corrected chi connectivity index (χ2v) is 5.96. The molecule has 3 N–H and O–H groups in total. The van der Waals surface area contributed by atoms with Crippen molar-refractivity contribution in [3.63, 3.8) is 0 Å². The number of aromatic hydroxyl groups is 1. The van der Waals surface area contributed by atoms with Crippen LogP contribution in [0.5, 0.6) is 5.75 Å². The lowest BCUT2D eigenvalue weighted by atomic mass is 10.1. The van der Waals surface area contributed by atoms with Gasteiger partial charge in [0.05, 0.1) is 11.5 Å². The van der Waals surface area contributed by atoms with Crippen LogP contribution >= 0.6 is 0 Å². The van der Waals surface area contributed by atoms with E-state index < -0.39 is 10.0 Å². The first-order valence-electron chi connectivity index (χ1n) is 6.03. The Labute approximate surface area is 117 Å². The number of hydrogen-bond donors (Lipinski definition) is 3. The Hall–Kier alpha value is -1.89. The number of aliphatic hydroxyl groups is 1. The SMILES string of the molecule is O=S(=O)(NCCO)c1ccc(-c2ccc(O)cc2)cc1. The van der Waals surface area contributed by atoms with Crippen molar-refractivity contribution in [1.82, 2.24) is 4.72 Å². The predicted molar refractivity (Wildman–Crippen MR) is 75.8 cm³/mol. The number of nitrogens with one attached hydrogen (secondary N) is 1. The smallest absolute Gasteiger partial charge is 0.240 e. The molecule has 0 saturated heterocycles. The van der Waals surface area contributed by atoms with Gasteiger partial charge in [0.15, 0.2) is 0 Å². The number of rotatable bonds is 5. The molecule has 2 aromatic rings. The van der Waals surface area contributed by atoms with Crippen LogP contribution < -0.4 is 4.72 Å². The lowest BCUT2D eigenvalue weighted by Gasteiger charge is -2.07. The molecule has 0 aliphatic carbocycles. The average molecular weight is 293 g/mol. The topological polar surface area (TPSA) is 86.6 Å². The van der Waals surface area contributed by atoms with Gasteiger partial charge in [-0.2, -0.15) is 0 Å². The fourth-order valence-electron chi connectivity index (χ4n) is 1.74. The van der Waals surface area contributed by atoms with Gasteiger partial charge in [-0.3, -0.25) is 0 Å². The lowest BCUT2D eigenvalue weighted by molar-refractivity contribution is 0.301. The minimum absolute atomic E-state index is 0.0119. The summed E-state index contributed by atoms with van der Waals surface area (Å²) in [4.78, 5) is 0.147. The summed E-state index contributed by atoms with van der Waals surface area (Å²) in [5.41, 5.74) is 1.74. The highest BCUT2D eigenvalue weighted by Crippen LogP contribution is 2.23. The van der Waals surface area contributed by atoms with Crippen LogP contribution in [-0.4, -0.2) is 31.8 Å². The molecule has 0 aliphatic rings. The zero-order chi connectivity index (χ0) is 14.6. The van der Waals surface area contributed by atoms with Crippen molar-refractivity contribution in [1.29, 1.82) is 0 Å². The molecule has 0 aliphatic heterocycles. The minimum Gasteiger partial charge on any atom is -0.508 e. The van der Waals surface area contributed by atoms with Gasteiger partial charge in [0.1, 0.15) is 5.75 Å². The summed E-state index contributed by atoms with van der Waals surface area (Å²) in [7, 11) is -3.58. The Balaban J connectivity index is 2.24. The maximum absolute atomic E-state index is 11.8. The molecule has 0 unspecified atom stereocenters. The van der Waals surface area contributed by atoms with E-state index in [2.05, 4.69) is 4.72 Å². The molecule has 0 aromatic heterocycles. The van der Waals surface area contributed by atoms with Crippen LogP contribution in [0.25, 0.3) is 11.1 Å². The molecule has 0 radical (unpaired) electrons. The van der Waals surface area contributed by atoms with Gasteiger partial charge in [-0.1, -0.05) is 24.3 Å². The van der Waals surface area contributed by atoms with Crippen molar-refractivity contribution in [3.8, 4) is 16.9 Å². The van der Waals surface area contributed by atoms with Crippen LogP contribution in [-0.2, 0) is 10.0 Å². The summed E-state index contributed by atoms with van der Waals surface area (Å²) >= 11 is 0. The molecule has 106 valence electrons. The van der Waals surface area contributed by atoms with Crippen molar-refractivity contribution in [2.24, 2.45) is 0 Å². The van der Waals surface area contributed by atoms with Gasteiger partial charge in [0.2, 0.25) is 10.0 Å². The summed E-state index contributed by atoms with van der Waals surface area (Å²) in [5, 5.41) is 17.9. The van der Waals surface area contributed by atoms with E-state index in [1.165, 1.54) is 12.1 Å². The van der Waals surface area contributed by atoms with Crippen LogP contribution in [0.4, 0.5) is 0 Å². The van der Waals surface area contributed by atoms with Crippen molar-refractivity contribution < 1.29 is 18.6 Å². The molecular formula is C14H15NO4S. The Morgan fingerprint density at radius 2 is 1.40 bits per heavy atom. The summed E-state index contributed by atoms with van der Waals surface area (Å²) in [6.45, 7) is -0.257. The zero-order valence-electron chi connectivity index (χ0n) is 10.7. The first-order valence-corrected chi connectivity index (χ1v) is 7.51. The first kappa shape index (κ1) is 14.5. The molecule has 6 heteroatoms. The highest BCUT2D eigenvalue weighted by Gasteiger charge is 2.12.